The summed E-state index contributed by atoms with van der Waals surface area (Å²) in [4.78, 5) is 0.0936. The molecule has 1 aromatic rings. The van der Waals surface area contributed by atoms with Crippen LogP contribution in [-0.4, -0.2) is 27.9 Å². The maximum atomic E-state index is 11.9. The molecule has 16 heavy (non-hydrogen) atoms. The summed E-state index contributed by atoms with van der Waals surface area (Å²) in [5, 5.41) is 0.361. The molecule has 0 saturated carbocycles. The molecule has 6 heteroatoms. The molecule has 0 atom stereocenters. The highest BCUT2D eigenvalue weighted by Gasteiger charge is 2.17. The number of halogens is 1. The van der Waals surface area contributed by atoms with E-state index in [-0.39, 0.29) is 16.3 Å². The molecule has 0 unspecified atom stereocenters. The number of hydrogen-bond donors (Lipinski definition) is 1. The average molecular weight is 264 g/mol. The molecule has 0 fully saturated rings. The number of hydrogen-bond acceptors (Lipinski definition) is 4. The quantitative estimate of drug-likeness (QED) is 0.649. The van der Waals surface area contributed by atoms with Crippen molar-refractivity contribution >= 4 is 27.1 Å². The first-order chi connectivity index (χ1) is 7.47. The van der Waals surface area contributed by atoms with E-state index in [9.17, 15) is 8.42 Å². The number of nitrogens with two attached hydrogens (primary N) is 1. The second-order valence-electron chi connectivity index (χ2n) is 3.35. The summed E-state index contributed by atoms with van der Waals surface area (Å²) in [6.45, 7) is 0.402. The summed E-state index contributed by atoms with van der Waals surface area (Å²) in [6.07, 6.45) is 0.435. The first-order valence-corrected chi connectivity index (χ1v) is 6.77. The molecule has 2 N–H and O–H groups in total. The lowest BCUT2D eigenvalue weighted by atomic mass is 10.3. The Morgan fingerprint density at radius 2 is 2.12 bits per heavy atom. The highest BCUT2D eigenvalue weighted by molar-refractivity contribution is 7.91. The zero-order valence-electron chi connectivity index (χ0n) is 8.94. The SMILES string of the molecule is COCCCS(=O)(=O)c1cc(Cl)ccc1N. The van der Waals surface area contributed by atoms with E-state index in [4.69, 9.17) is 22.1 Å². The third kappa shape index (κ3) is 3.37. The van der Waals surface area contributed by atoms with Crippen LogP contribution < -0.4 is 5.73 Å². The van der Waals surface area contributed by atoms with Gasteiger partial charge in [0.2, 0.25) is 0 Å². The Labute approximate surface area is 100 Å². The minimum Gasteiger partial charge on any atom is -0.398 e. The van der Waals surface area contributed by atoms with Gasteiger partial charge in [-0.1, -0.05) is 11.6 Å². The lowest BCUT2D eigenvalue weighted by molar-refractivity contribution is 0.199. The predicted molar refractivity (Wildman–Crippen MR) is 64.4 cm³/mol. The molecule has 4 nitrogen and oxygen atoms in total. The molecule has 0 bridgehead atoms. The van der Waals surface area contributed by atoms with E-state index in [0.717, 1.165) is 0 Å². The average Bonchev–Trinajstić information content (AvgIpc) is 2.22. The van der Waals surface area contributed by atoms with E-state index in [1.807, 2.05) is 0 Å². The Balaban J connectivity index is 2.93. The standard InChI is InChI=1S/C10H14ClNO3S/c1-15-5-2-6-16(13,14)10-7-8(11)3-4-9(10)12/h3-4,7H,2,5-6,12H2,1H3. The lowest BCUT2D eigenvalue weighted by Gasteiger charge is -2.07. The van der Waals surface area contributed by atoms with Crippen molar-refractivity contribution in [3.05, 3.63) is 23.2 Å². The van der Waals surface area contributed by atoms with Crippen molar-refractivity contribution in [1.29, 1.82) is 0 Å². The van der Waals surface area contributed by atoms with Gasteiger partial charge in [0.1, 0.15) is 0 Å². The molecule has 1 aromatic carbocycles. The van der Waals surface area contributed by atoms with Crippen LogP contribution in [0.25, 0.3) is 0 Å². The smallest absolute Gasteiger partial charge is 0.180 e. The van der Waals surface area contributed by atoms with Crippen LogP contribution in [0.15, 0.2) is 23.1 Å². The molecule has 0 heterocycles. The molecule has 0 aliphatic rings. The zero-order chi connectivity index (χ0) is 12.2. The van der Waals surface area contributed by atoms with Crippen LogP contribution in [0.1, 0.15) is 6.42 Å². The van der Waals surface area contributed by atoms with Crippen molar-refractivity contribution in [2.45, 2.75) is 11.3 Å². The third-order valence-electron chi connectivity index (χ3n) is 2.07. The molecule has 0 amide bonds. The molecule has 0 aliphatic carbocycles. The third-order valence-corrected chi connectivity index (χ3v) is 4.16. The van der Waals surface area contributed by atoms with E-state index in [1.165, 1.54) is 19.2 Å². The summed E-state index contributed by atoms with van der Waals surface area (Å²) in [5.74, 6) is 0.00534. The summed E-state index contributed by atoms with van der Waals surface area (Å²) in [6, 6.07) is 4.43. The van der Waals surface area contributed by atoms with Gasteiger partial charge in [0, 0.05) is 18.7 Å². The molecule has 0 saturated heterocycles. The van der Waals surface area contributed by atoms with Gasteiger partial charge in [-0.05, 0) is 24.6 Å². The van der Waals surface area contributed by atoms with Gasteiger partial charge in [-0.2, -0.15) is 0 Å². The summed E-state index contributed by atoms with van der Waals surface area (Å²) < 4.78 is 28.6. The normalized spacial score (nSPS) is 11.6. The maximum absolute atomic E-state index is 11.9. The van der Waals surface area contributed by atoms with Gasteiger partial charge in [-0.25, -0.2) is 8.42 Å². The van der Waals surface area contributed by atoms with E-state index in [1.54, 1.807) is 6.07 Å². The Bertz CT molecular complexity index is 459. The first kappa shape index (κ1) is 13.3. The number of nitrogen functional groups attached to an aromatic ring is 1. The maximum Gasteiger partial charge on any atom is 0.180 e. The number of benzene rings is 1. The van der Waals surface area contributed by atoms with Crippen LogP contribution in [0.5, 0.6) is 0 Å². The highest BCUT2D eigenvalue weighted by atomic mass is 35.5. The van der Waals surface area contributed by atoms with Crippen LogP contribution in [-0.2, 0) is 14.6 Å². The van der Waals surface area contributed by atoms with Gasteiger partial charge in [0.15, 0.2) is 9.84 Å². The predicted octanol–water partition coefficient (Wildman–Crippen LogP) is 1.73. The van der Waals surface area contributed by atoms with Gasteiger partial charge in [-0.15, -0.1) is 0 Å². The first-order valence-electron chi connectivity index (χ1n) is 4.74. The molecule has 1 rings (SSSR count). The number of methoxy groups -OCH3 is 1. The number of sulfone groups is 1. The second kappa shape index (κ2) is 5.52. The van der Waals surface area contributed by atoms with Crippen molar-refractivity contribution < 1.29 is 13.2 Å². The van der Waals surface area contributed by atoms with Crippen molar-refractivity contribution in [2.24, 2.45) is 0 Å². The fourth-order valence-electron chi connectivity index (χ4n) is 1.28. The molecule has 0 aliphatic heterocycles. The number of rotatable bonds is 5. The second-order valence-corrected chi connectivity index (χ2v) is 5.86. The number of ether oxygens (including phenoxy) is 1. The summed E-state index contributed by atoms with van der Waals surface area (Å²) in [5.41, 5.74) is 5.83. The fourth-order valence-corrected chi connectivity index (χ4v) is 2.97. The Hall–Kier alpha value is -0.780. The Morgan fingerprint density at radius 3 is 2.75 bits per heavy atom. The lowest BCUT2D eigenvalue weighted by Crippen LogP contribution is -2.11. The molecule has 0 radical (unpaired) electrons. The van der Waals surface area contributed by atoms with Gasteiger partial charge < -0.3 is 10.5 Å². The van der Waals surface area contributed by atoms with E-state index < -0.39 is 9.84 Å². The van der Waals surface area contributed by atoms with Crippen molar-refractivity contribution in [1.82, 2.24) is 0 Å². The van der Waals surface area contributed by atoms with Gasteiger partial charge in [0.05, 0.1) is 16.3 Å². The number of anilines is 1. The van der Waals surface area contributed by atoms with Crippen LogP contribution in [0.3, 0.4) is 0 Å². The highest BCUT2D eigenvalue weighted by Crippen LogP contribution is 2.24. The van der Waals surface area contributed by atoms with E-state index in [0.29, 0.717) is 18.1 Å². The zero-order valence-corrected chi connectivity index (χ0v) is 10.5. The summed E-state index contributed by atoms with van der Waals surface area (Å²) in [7, 11) is -1.85. The van der Waals surface area contributed by atoms with Crippen LogP contribution >= 0.6 is 11.6 Å². The molecule has 0 spiro atoms. The Kier molecular flexibility index (Phi) is 4.58. The van der Waals surface area contributed by atoms with Crippen molar-refractivity contribution in [3.8, 4) is 0 Å². The van der Waals surface area contributed by atoms with Gasteiger partial charge in [-0.3, -0.25) is 0 Å². The topological polar surface area (TPSA) is 69.4 Å². The van der Waals surface area contributed by atoms with Crippen LogP contribution in [0, 0.1) is 0 Å². The summed E-state index contributed by atoms with van der Waals surface area (Å²) >= 11 is 5.74. The minimum absolute atomic E-state index is 0.00534. The monoisotopic (exact) mass is 263 g/mol. The molecule has 90 valence electrons. The molecular weight excluding hydrogens is 250 g/mol. The van der Waals surface area contributed by atoms with Crippen molar-refractivity contribution in [3.63, 3.8) is 0 Å². The van der Waals surface area contributed by atoms with E-state index in [2.05, 4.69) is 0 Å². The van der Waals surface area contributed by atoms with Gasteiger partial charge >= 0.3 is 0 Å². The van der Waals surface area contributed by atoms with E-state index >= 15 is 0 Å². The molecule has 0 aromatic heterocycles. The molecular formula is C10H14ClNO3S. The minimum atomic E-state index is -3.38. The van der Waals surface area contributed by atoms with Gasteiger partial charge in [0.25, 0.3) is 0 Å². The van der Waals surface area contributed by atoms with Crippen LogP contribution in [0.2, 0.25) is 5.02 Å². The van der Waals surface area contributed by atoms with Crippen molar-refractivity contribution in [2.75, 3.05) is 25.2 Å². The van der Waals surface area contributed by atoms with Crippen LogP contribution in [0.4, 0.5) is 5.69 Å². The Morgan fingerprint density at radius 1 is 1.44 bits per heavy atom. The fraction of sp³-hybridized carbons (Fsp3) is 0.400. The largest absolute Gasteiger partial charge is 0.398 e.